The fraction of sp³-hybridized carbons (Fsp3) is 0.214. The topological polar surface area (TPSA) is 37.3 Å². The van der Waals surface area contributed by atoms with Crippen molar-refractivity contribution in [3.63, 3.8) is 0 Å². The van der Waals surface area contributed by atoms with E-state index in [1.807, 2.05) is 55.5 Å². The second kappa shape index (κ2) is 3.97. The Hall–Kier alpha value is -1.83. The van der Waals surface area contributed by atoms with Crippen LogP contribution in [0.2, 0.25) is 0 Å². The van der Waals surface area contributed by atoms with E-state index >= 15 is 0 Å². The first kappa shape index (κ1) is 10.7. The highest BCUT2D eigenvalue weighted by molar-refractivity contribution is 5.73. The molecule has 0 heterocycles. The summed E-state index contributed by atoms with van der Waals surface area (Å²) >= 11 is 0. The first-order valence-electron chi connectivity index (χ1n) is 5.28. The van der Waals surface area contributed by atoms with Crippen molar-refractivity contribution in [1.82, 2.24) is 0 Å². The van der Waals surface area contributed by atoms with Gasteiger partial charge in [0.2, 0.25) is 0 Å². The second-order valence-electron chi connectivity index (χ2n) is 4.37. The van der Waals surface area contributed by atoms with Gasteiger partial charge < -0.3 is 5.11 Å². The van der Waals surface area contributed by atoms with E-state index in [2.05, 4.69) is 0 Å². The number of carboxylic acid groups (broad SMARTS) is 1. The number of hydrogen-bond donors (Lipinski definition) is 1. The third kappa shape index (κ3) is 2.22. The highest BCUT2D eigenvalue weighted by atomic mass is 16.4. The minimum Gasteiger partial charge on any atom is -0.481 e. The summed E-state index contributed by atoms with van der Waals surface area (Å²) in [5, 5.41) is 8.87. The van der Waals surface area contributed by atoms with Crippen LogP contribution in [0, 0.1) is 5.41 Å². The van der Waals surface area contributed by atoms with E-state index < -0.39 is 11.4 Å². The molecule has 0 fully saturated rings. The zero-order valence-electron chi connectivity index (χ0n) is 9.18. The van der Waals surface area contributed by atoms with Gasteiger partial charge in [-0.25, -0.2) is 0 Å². The lowest BCUT2D eigenvalue weighted by Gasteiger charge is -2.17. The molecular formula is C14H14O2. The monoisotopic (exact) mass is 214 g/mol. The van der Waals surface area contributed by atoms with Gasteiger partial charge in [0, 0.05) is 5.41 Å². The number of carboxylic acids is 1. The summed E-state index contributed by atoms with van der Waals surface area (Å²) < 4.78 is 0. The van der Waals surface area contributed by atoms with Crippen LogP contribution in [0.25, 0.3) is 12.2 Å². The molecular weight excluding hydrogens is 200 g/mol. The van der Waals surface area contributed by atoms with Crippen LogP contribution in [0.1, 0.15) is 24.5 Å². The molecule has 1 aliphatic rings. The highest BCUT2D eigenvalue weighted by Gasteiger charge is 2.22. The molecule has 0 atom stereocenters. The van der Waals surface area contributed by atoms with Crippen LogP contribution in [-0.4, -0.2) is 11.1 Å². The zero-order chi connectivity index (χ0) is 11.6. The molecule has 0 saturated heterocycles. The van der Waals surface area contributed by atoms with Gasteiger partial charge in [-0.05, 0) is 11.1 Å². The Bertz CT molecular complexity index is 436. The van der Waals surface area contributed by atoms with E-state index in [1.165, 1.54) is 0 Å². The Morgan fingerprint density at radius 3 is 2.12 bits per heavy atom. The van der Waals surface area contributed by atoms with Crippen molar-refractivity contribution in [3.05, 3.63) is 47.5 Å². The molecule has 1 aromatic carbocycles. The van der Waals surface area contributed by atoms with Crippen LogP contribution >= 0.6 is 0 Å². The van der Waals surface area contributed by atoms with Crippen molar-refractivity contribution in [2.75, 3.05) is 0 Å². The molecule has 0 spiro atoms. The molecule has 1 aromatic rings. The van der Waals surface area contributed by atoms with Crippen LogP contribution < -0.4 is 0 Å². The first-order valence-corrected chi connectivity index (χ1v) is 5.28. The molecule has 16 heavy (non-hydrogen) atoms. The number of allylic oxidation sites excluding steroid dienone is 2. The van der Waals surface area contributed by atoms with Crippen molar-refractivity contribution in [3.8, 4) is 0 Å². The summed E-state index contributed by atoms with van der Waals surface area (Å²) in [5.74, 6) is -0.775. The van der Waals surface area contributed by atoms with Gasteiger partial charge in [0.05, 0.1) is 6.42 Å². The summed E-state index contributed by atoms with van der Waals surface area (Å²) in [6.45, 7) is 1.93. The first-order chi connectivity index (χ1) is 7.59. The highest BCUT2D eigenvalue weighted by Crippen LogP contribution is 2.31. The van der Waals surface area contributed by atoms with Gasteiger partial charge in [-0.3, -0.25) is 4.79 Å². The third-order valence-corrected chi connectivity index (χ3v) is 2.82. The molecule has 0 unspecified atom stereocenters. The van der Waals surface area contributed by atoms with E-state index in [0.717, 1.165) is 11.1 Å². The zero-order valence-corrected chi connectivity index (χ0v) is 9.18. The molecule has 0 saturated carbocycles. The van der Waals surface area contributed by atoms with E-state index in [-0.39, 0.29) is 6.42 Å². The normalized spacial score (nSPS) is 16.6. The number of benzene rings is 1. The van der Waals surface area contributed by atoms with Crippen molar-refractivity contribution in [2.45, 2.75) is 13.3 Å². The van der Waals surface area contributed by atoms with Gasteiger partial charge in [0.1, 0.15) is 0 Å². The Balaban J connectivity index is 2.37. The van der Waals surface area contributed by atoms with Crippen molar-refractivity contribution in [1.29, 1.82) is 0 Å². The van der Waals surface area contributed by atoms with Gasteiger partial charge in [-0.1, -0.05) is 55.5 Å². The summed E-state index contributed by atoms with van der Waals surface area (Å²) in [5.41, 5.74) is 1.87. The van der Waals surface area contributed by atoms with Gasteiger partial charge in [-0.2, -0.15) is 0 Å². The van der Waals surface area contributed by atoms with Gasteiger partial charge >= 0.3 is 5.97 Å². The number of rotatable bonds is 2. The molecule has 0 radical (unpaired) electrons. The molecule has 0 bridgehead atoms. The summed E-state index contributed by atoms with van der Waals surface area (Å²) in [4.78, 5) is 10.8. The summed E-state index contributed by atoms with van der Waals surface area (Å²) in [6, 6.07) is 8.03. The maximum Gasteiger partial charge on any atom is 0.304 e. The Labute approximate surface area is 94.9 Å². The van der Waals surface area contributed by atoms with Crippen LogP contribution in [-0.2, 0) is 4.79 Å². The molecule has 2 nitrogen and oxygen atoms in total. The fourth-order valence-electron chi connectivity index (χ4n) is 1.87. The smallest absolute Gasteiger partial charge is 0.304 e. The van der Waals surface area contributed by atoms with Gasteiger partial charge in [0.15, 0.2) is 0 Å². The Kier molecular flexibility index (Phi) is 2.65. The minimum absolute atomic E-state index is 0.119. The molecule has 82 valence electrons. The van der Waals surface area contributed by atoms with Crippen molar-refractivity contribution in [2.24, 2.45) is 5.41 Å². The molecule has 1 N–H and O–H groups in total. The number of hydrogen-bond acceptors (Lipinski definition) is 1. The number of carbonyl (C=O) groups is 1. The predicted molar refractivity (Wildman–Crippen MR) is 64.9 cm³/mol. The predicted octanol–water partition coefficient (Wildman–Crippen LogP) is 3.21. The third-order valence-electron chi connectivity index (χ3n) is 2.82. The van der Waals surface area contributed by atoms with E-state index in [1.54, 1.807) is 0 Å². The standard InChI is InChI=1S/C14H14O2/c1-14(10-13(15)16)8-6-11-4-2-3-5-12(11)7-9-14/h2-9H,10H2,1H3,(H,15,16). The molecule has 0 amide bonds. The Morgan fingerprint density at radius 2 is 1.69 bits per heavy atom. The largest absolute Gasteiger partial charge is 0.481 e. The van der Waals surface area contributed by atoms with E-state index in [4.69, 9.17) is 5.11 Å². The molecule has 0 aromatic heterocycles. The maximum absolute atomic E-state index is 10.8. The second-order valence-corrected chi connectivity index (χ2v) is 4.37. The average Bonchev–Trinajstić information content (AvgIpc) is 2.39. The van der Waals surface area contributed by atoms with E-state index in [9.17, 15) is 4.79 Å². The molecule has 0 aliphatic heterocycles. The SMILES string of the molecule is CC1(CC(=O)O)C=Cc2ccccc2C=C1. The lowest BCUT2D eigenvalue weighted by atomic mass is 9.86. The maximum atomic E-state index is 10.8. The van der Waals surface area contributed by atoms with Gasteiger partial charge in [0.25, 0.3) is 0 Å². The lowest BCUT2D eigenvalue weighted by Crippen LogP contribution is -2.14. The van der Waals surface area contributed by atoms with Crippen molar-refractivity contribution >= 4 is 18.1 Å². The lowest BCUT2D eigenvalue weighted by molar-refractivity contribution is -0.138. The quantitative estimate of drug-likeness (QED) is 0.820. The van der Waals surface area contributed by atoms with Crippen LogP contribution in [0.15, 0.2) is 36.4 Å². The van der Waals surface area contributed by atoms with Crippen LogP contribution in [0.3, 0.4) is 0 Å². The minimum atomic E-state index is -0.775. The molecule has 1 aliphatic carbocycles. The summed E-state index contributed by atoms with van der Waals surface area (Å²) in [6.07, 6.45) is 8.04. The number of fused-ring (bicyclic) bond motifs is 1. The number of aliphatic carboxylic acids is 1. The van der Waals surface area contributed by atoms with Crippen LogP contribution in [0.5, 0.6) is 0 Å². The molecule has 2 heteroatoms. The fourth-order valence-corrected chi connectivity index (χ4v) is 1.87. The van der Waals surface area contributed by atoms with Crippen LogP contribution in [0.4, 0.5) is 0 Å². The van der Waals surface area contributed by atoms with E-state index in [0.29, 0.717) is 0 Å². The molecule has 2 rings (SSSR count). The Morgan fingerprint density at radius 1 is 1.19 bits per heavy atom. The van der Waals surface area contributed by atoms with Crippen molar-refractivity contribution < 1.29 is 9.90 Å². The average molecular weight is 214 g/mol. The summed E-state index contributed by atoms with van der Waals surface area (Å²) in [7, 11) is 0. The van der Waals surface area contributed by atoms with Gasteiger partial charge in [-0.15, -0.1) is 0 Å².